The summed E-state index contributed by atoms with van der Waals surface area (Å²) in [6.07, 6.45) is -0.797. The number of sulfonamides is 2. The van der Waals surface area contributed by atoms with E-state index < -0.39 is 32.2 Å². The second-order valence-electron chi connectivity index (χ2n) is 11.1. The SMILES string of the molecule is COc1ccc(S(=O)(=O)Nc2ccc3c(c2)CC(=O)N([C@@H](C)CO)C[C@@H](C)[C@@H](CN(C)S(=O)(=O)c2ccc(C)cc2)O3)cc1. The number of methoxy groups -OCH3 is 1. The summed E-state index contributed by atoms with van der Waals surface area (Å²) in [5.74, 6) is 0.240. The highest BCUT2D eigenvalue weighted by atomic mass is 32.2. The number of anilines is 1. The van der Waals surface area contributed by atoms with E-state index in [4.69, 9.17) is 9.47 Å². The second-order valence-corrected chi connectivity index (χ2v) is 14.8. The fourth-order valence-electron chi connectivity index (χ4n) is 4.92. The molecule has 1 aliphatic rings. The van der Waals surface area contributed by atoms with Gasteiger partial charge in [0.05, 0.1) is 42.5 Å². The number of aliphatic hydroxyl groups is 1. The molecule has 0 bridgehead atoms. The molecule has 0 aliphatic carbocycles. The minimum absolute atomic E-state index is 0.0157. The number of rotatable bonds is 10. The van der Waals surface area contributed by atoms with Gasteiger partial charge in [-0.3, -0.25) is 9.52 Å². The summed E-state index contributed by atoms with van der Waals surface area (Å²) >= 11 is 0. The fraction of sp³-hybridized carbons (Fsp3) is 0.387. The minimum atomic E-state index is -3.96. The molecule has 2 N–H and O–H groups in total. The van der Waals surface area contributed by atoms with Crippen LogP contribution in [0.25, 0.3) is 0 Å². The molecule has 0 radical (unpaired) electrons. The molecule has 1 heterocycles. The number of fused-ring (bicyclic) bond motifs is 1. The molecule has 238 valence electrons. The number of carbonyl (C=O) groups excluding carboxylic acids is 1. The number of nitrogens with zero attached hydrogens (tertiary/aromatic N) is 2. The summed E-state index contributed by atoms with van der Waals surface area (Å²) < 4.78 is 68.3. The first-order chi connectivity index (χ1) is 20.7. The number of aryl methyl sites for hydroxylation is 1. The molecular formula is C31H39N3O8S2. The number of nitrogens with one attached hydrogen (secondary N) is 1. The number of likely N-dealkylation sites (N-methyl/N-ethyl adjacent to an activating group) is 1. The molecule has 3 aromatic carbocycles. The van der Waals surface area contributed by atoms with Gasteiger partial charge in [-0.1, -0.05) is 24.6 Å². The van der Waals surface area contributed by atoms with Crippen LogP contribution in [0.2, 0.25) is 0 Å². The van der Waals surface area contributed by atoms with Crippen molar-refractivity contribution in [2.24, 2.45) is 5.92 Å². The van der Waals surface area contributed by atoms with Crippen molar-refractivity contribution in [3.05, 3.63) is 77.9 Å². The highest BCUT2D eigenvalue weighted by Crippen LogP contribution is 2.31. The van der Waals surface area contributed by atoms with Crippen LogP contribution in [0.5, 0.6) is 11.5 Å². The Morgan fingerprint density at radius 1 is 1.05 bits per heavy atom. The molecular weight excluding hydrogens is 606 g/mol. The Labute approximate surface area is 259 Å². The first-order valence-corrected chi connectivity index (χ1v) is 17.1. The van der Waals surface area contributed by atoms with Crippen LogP contribution in [-0.2, 0) is 31.3 Å². The Morgan fingerprint density at radius 3 is 2.30 bits per heavy atom. The Hall–Kier alpha value is -3.65. The van der Waals surface area contributed by atoms with Crippen LogP contribution in [0.15, 0.2) is 76.5 Å². The summed E-state index contributed by atoms with van der Waals surface area (Å²) in [5, 5.41) is 9.90. The monoisotopic (exact) mass is 645 g/mol. The van der Waals surface area contributed by atoms with Gasteiger partial charge in [0, 0.05) is 30.8 Å². The van der Waals surface area contributed by atoms with E-state index in [1.165, 1.54) is 42.7 Å². The molecule has 0 unspecified atom stereocenters. The molecule has 13 heteroatoms. The number of benzene rings is 3. The Balaban J connectivity index is 1.67. The number of hydrogen-bond donors (Lipinski definition) is 2. The van der Waals surface area contributed by atoms with Gasteiger partial charge in [0.15, 0.2) is 0 Å². The van der Waals surface area contributed by atoms with Crippen molar-refractivity contribution in [2.75, 3.05) is 38.6 Å². The standard InChI is InChI=1S/C31H39N3O8S2/c1-21-6-11-28(12-7-21)44(39,40)33(4)19-30-22(2)18-34(23(3)20-35)31(36)17-24-16-25(8-15-29(24)42-30)32-43(37,38)27-13-9-26(41-5)10-14-27/h6-16,22-23,30,32,35H,17-20H2,1-5H3/t22-,23+,30-/m1/s1. The Bertz CT molecular complexity index is 1680. The third-order valence-corrected chi connectivity index (χ3v) is 10.9. The predicted molar refractivity (Wildman–Crippen MR) is 167 cm³/mol. The molecule has 1 aliphatic heterocycles. The van der Waals surface area contributed by atoms with E-state index in [2.05, 4.69) is 4.72 Å². The van der Waals surface area contributed by atoms with Crippen LogP contribution in [-0.4, -0.2) is 83.1 Å². The van der Waals surface area contributed by atoms with Crippen molar-refractivity contribution in [3.8, 4) is 11.5 Å². The van der Waals surface area contributed by atoms with Crippen molar-refractivity contribution in [1.82, 2.24) is 9.21 Å². The van der Waals surface area contributed by atoms with Crippen molar-refractivity contribution < 1.29 is 36.2 Å². The van der Waals surface area contributed by atoms with E-state index in [1.54, 1.807) is 54.3 Å². The largest absolute Gasteiger partial charge is 0.497 e. The summed E-state index contributed by atoms with van der Waals surface area (Å²) in [5.41, 5.74) is 1.58. The van der Waals surface area contributed by atoms with E-state index in [0.29, 0.717) is 17.1 Å². The molecule has 11 nitrogen and oxygen atoms in total. The first kappa shape index (κ1) is 33.2. The minimum Gasteiger partial charge on any atom is -0.497 e. The number of ether oxygens (including phenoxy) is 2. The van der Waals surface area contributed by atoms with Crippen molar-refractivity contribution in [1.29, 1.82) is 0 Å². The zero-order chi connectivity index (χ0) is 32.2. The molecule has 3 aromatic rings. The van der Waals surface area contributed by atoms with Gasteiger partial charge in [-0.25, -0.2) is 16.8 Å². The van der Waals surface area contributed by atoms with Crippen LogP contribution in [0.3, 0.4) is 0 Å². The maximum absolute atomic E-state index is 13.5. The van der Waals surface area contributed by atoms with Crippen molar-refractivity contribution >= 4 is 31.6 Å². The fourth-order valence-corrected chi connectivity index (χ4v) is 7.15. The lowest BCUT2D eigenvalue weighted by Crippen LogP contribution is -2.48. The normalized spacial score (nSPS) is 18.4. The van der Waals surface area contributed by atoms with Crippen LogP contribution in [0, 0.1) is 12.8 Å². The molecule has 0 fully saturated rings. The predicted octanol–water partition coefficient (Wildman–Crippen LogP) is 3.27. The molecule has 44 heavy (non-hydrogen) atoms. The van der Waals surface area contributed by atoms with Crippen LogP contribution < -0.4 is 14.2 Å². The first-order valence-electron chi connectivity index (χ1n) is 14.1. The van der Waals surface area contributed by atoms with E-state index in [9.17, 15) is 26.7 Å². The van der Waals surface area contributed by atoms with Gasteiger partial charge in [0.1, 0.15) is 17.6 Å². The smallest absolute Gasteiger partial charge is 0.261 e. The van der Waals surface area contributed by atoms with E-state index in [1.807, 2.05) is 13.8 Å². The molecule has 3 atom stereocenters. The molecule has 4 rings (SSSR count). The summed E-state index contributed by atoms with van der Waals surface area (Å²) in [6, 6.07) is 16.7. The van der Waals surface area contributed by atoms with Crippen LogP contribution in [0.4, 0.5) is 5.69 Å². The van der Waals surface area contributed by atoms with Gasteiger partial charge < -0.3 is 19.5 Å². The summed E-state index contributed by atoms with van der Waals surface area (Å²) in [6.45, 7) is 5.41. The van der Waals surface area contributed by atoms with Crippen molar-refractivity contribution in [3.63, 3.8) is 0 Å². The summed E-state index contributed by atoms with van der Waals surface area (Å²) in [7, 11) is -4.83. The van der Waals surface area contributed by atoms with Crippen LogP contribution >= 0.6 is 0 Å². The lowest BCUT2D eigenvalue weighted by atomic mass is 10.0. The van der Waals surface area contributed by atoms with Crippen molar-refractivity contribution in [2.45, 2.75) is 49.1 Å². The lowest BCUT2D eigenvalue weighted by Gasteiger charge is -2.33. The maximum Gasteiger partial charge on any atom is 0.261 e. The van der Waals surface area contributed by atoms with Gasteiger partial charge in [0.25, 0.3) is 10.0 Å². The maximum atomic E-state index is 13.5. The molecule has 0 saturated heterocycles. The number of hydrogen-bond acceptors (Lipinski definition) is 8. The zero-order valence-electron chi connectivity index (χ0n) is 25.4. The van der Waals surface area contributed by atoms with E-state index >= 15 is 0 Å². The molecule has 0 aromatic heterocycles. The molecule has 0 spiro atoms. The van der Waals surface area contributed by atoms with Gasteiger partial charge in [-0.2, -0.15) is 4.31 Å². The van der Waals surface area contributed by atoms with Gasteiger partial charge >= 0.3 is 0 Å². The number of carbonyl (C=O) groups is 1. The van der Waals surface area contributed by atoms with Gasteiger partial charge in [-0.05, 0) is 68.4 Å². The third kappa shape index (κ3) is 7.52. The average Bonchev–Trinajstić information content (AvgIpc) is 3.04. The van der Waals surface area contributed by atoms with Crippen LogP contribution in [0.1, 0.15) is 25.0 Å². The van der Waals surface area contributed by atoms with Gasteiger partial charge in [-0.15, -0.1) is 0 Å². The Kier molecular flexibility index (Phi) is 10.2. The third-order valence-electron chi connectivity index (χ3n) is 7.70. The second kappa shape index (κ2) is 13.6. The molecule has 0 saturated carbocycles. The highest BCUT2D eigenvalue weighted by Gasteiger charge is 2.33. The lowest BCUT2D eigenvalue weighted by molar-refractivity contribution is -0.134. The molecule has 1 amide bonds. The van der Waals surface area contributed by atoms with E-state index in [-0.39, 0.29) is 53.4 Å². The average molecular weight is 646 g/mol. The highest BCUT2D eigenvalue weighted by molar-refractivity contribution is 7.92. The quantitative estimate of drug-likeness (QED) is 0.342. The Morgan fingerprint density at radius 2 is 1.68 bits per heavy atom. The van der Waals surface area contributed by atoms with E-state index in [0.717, 1.165) is 5.56 Å². The number of amides is 1. The zero-order valence-corrected chi connectivity index (χ0v) is 27.1. The van der Waals surface area contributed by atoms with Gasteiger partial charge in [0.2, 0.25) is 15.9 Å². The topological polar surface area (TPSA) is 143 Å². The summed E-state index contributed by atoms with van der Waals surface area (Å²) in [4.78, 5) is 15.2. The number of aliphatic hydroxyl groups excluding tert-OH is 1.